The molecule has 5 rings (SSSR count). The van der Waals surface area contributed by atoms with Gasteiger partial charge >= 0.3 is 5.97 Å². The summed E-state index contributed by atoms with van der Waals surface area (Å²) in [4.78, 5) is 50.8. The highest BCUT2D eigenvalue weighted by Crippen LogP contribution is 2.41. The molecule has 0 aliphatic carbocycles. The standard InChI is InChI=1S/C29H27N3O9S2/c1-19-7-13-23(14-8-19)43(38,39)41-29(28(35)40-16-21-9-11-22(12-10-21)32(36)37)17-31-26(34)25(27(31)42-18-29)30-24(33)15-20-5-3-2-4-6-20/h2-14,25,27H,15-18H2,1H3,(H,30,33)/t25?,27-,29?/m1/s1. The van der Waals surface area contributed by atoms with Crippen molar-refractivity contribution in [2.24, 2.45) is 0 Å². The number of non-ortho nitro benzene ring substituents is 1. The lowest BCUT2D eigenvalue weighted by molar-refractivity contribution is -0.384. The lowest BCUT2D eigenvalue weighted by atomic mass is 9.99. The van der Waals surface area contributed by atoms with Crippen LogP contribution in [0.15, 0.2) is 83.8 Å². The van der Waals surface area contributed by atoms with Crippen molar-refractivity contribution >= 4 is 45.4 Å². The number of β-lactam (4-membered cyclic amide) rings is 1. The summed E-state index contributed by atoms with van der Waals surface area (Å²) in [5.74, 6) is -2.03. The quantitative estimate of drug-likeness (QED) is 0.117. The van der Waals surface area contributed by atoms with Gasteiger partial charge in [-0.25, -0.2) is 8.98 Å². The SMILES string of the molecule is Cc1ccc(S(=O)(=O)OC2(C(=O)OCc3ccc([N+](=O)[O-])cc3)CS[C@@H]3C(NC(=O)Cc4ccccc4)C(=O)N3C2)cc1. The number of amides is 2. The van der Waals surface area contributed by atoms with Crippen molar-refractivity contribution in [3.05, 3.63) is 106 Å². The van der Waals surface area contributed by atoms with Gasteiger partial charge in [-0.1, -0.05) is 48.0 Å². The van der Waals surface area contributed by atoms with Crippen LogP contribution in [-0.2, 0) is 46.4 Å². The van der Waals surface area contributed by atoms with E-state index in [1.54, 1.807) is 43.3 Å². The van der Waals surface area contributed by atoms with E-state index in [1.807, 2.05) is 6.07 Å². The highest BCUT2D eigenvalue weighted by molar-refractivity contribution is 8.00. The van der Waals surface area contributed by atoms with Crippen molar-refractivity contribution in [3.63, 3.8) is 0 Å². The van der Waals surface area contributed by atoms with Crippen LogP contribution in [-0.4, -0.2) is 65.3 Å². The first kappa shape index (κ1) is 30.2. The largest absolute Gasteiger partial charge is 0.459 e. The van der Waals surface area contributed by atoms with E-state index in [0.29, 0.717) is 5.56 Å². The minimum atomic E-state index is -4.48. The smallest absolute Gasteiger partial charge is 0.343 e. The zero-order valence-corrected chi connectivity index (χ0v) is 24.5. The molecule has 2 aliphatic rings. The number of esters is 1. The van der Waals surface area contributed by atoms with E-state index < -0.39 is 50.5 Å². The Hall–Kier alpha value is -4.27. The van der Waals surface area contributed by atoms with Gasteiger partial charge in [0.25, 0.3) is 15.8 Å². The number of carbonyl (C=O) groups is 3. The lowest BCUT2D eigenvalue weighted by Crippen LogP contribution is -2.75. The number of benzene rings is 3. The van der Waals surface area contributed by atoms with Gasteiger partial charge < -0.3 is 15.0 Å². The molecule has 0 radical (unpaired) electrons. The average molecular weight is 626 g/mol. The predicted octanol–water partition coefficient (Wildman–Crippen LogP) is 2.73. The van der Waals surface area contributed by atoms with Crippen LogP contribution in [0.2, 0.25) is 0 Å². The number of hydrogen-bond donors (Lipinski definition) is 1. The van der Waals surface area contributed by atoms with Crippen LogP contribution in [0.4, 0.5) is 5.69 Å². The Kier molecular flexibility index (Phi) is 8.53. The number of nitrogens with one attached hydrogen (secondary N) is 1. The molecule has 0 bridgehead atoms. The third kappa shape index (κ3) is 6.55. The van der Waals surface area contributed by atoms with Gasteiger partial charge in [-0.15, -0.1) is 11.8 Å². The first-order valence-corrected chi connectivity index (χ1v) is 15.6. The molecule has 1 N–H and O–H groups in total. The van der Waals surface area contributed by atoms with E-state index in [9.17, 15) is 32.9 Å². The van der Waals surface area contributed by atoms with Crippen molar-refractivity contribution in [2.75, 3.05) is 12.3 Å². The molecule has 2 amide bonds. The maximum absolute atomic E-state index is 13.5. The Bertz CT molecular complexity index is 1650. The van der Waals surface area contributed by atoms with Gasteiger partial charge in [-0.3, -0.25) is 19.7 Å². The van der Waals surface area contributed by atoms with Crippen molar-refractivity contribution in [1.82, 2.24) is 10.2 Å². The highest BCUT2D eigenvalue weighted by Gasteiger charge is 2.60. The summed E-state index contributed by atoms with van der Waals surface area (Å²) in [6.07, 6.45) is 0.0822. The Morgan fingerprint density at radius 1 is 1.05 bits per heavy atom. The zero-order valence-electron chi connectivity index (χ0n) is 22.9. The summed E-state index contributed by atoms with van der Waals surface area (Å²) in [6, 6.07) is 19.4. The Labute approximate surface area is 251 Å². The second-order valence-corrected chi connectivity index (χ2v) is 12.9. The molecular weight excluding hydrogens is 598 g/mol. The molecule has 14 heteroatoms. The van der Waals surface area contributed by atoms with Gasteiger partial charge in [0.15, 0.2) is 0 Å². The summed E-state index contributed by atoms with van der Waals surface area (Å²) >= 11 is 1.10. The van der Waals surface area contributed by atoms with Gasteiger partial charge in [-0.2, -0.15) is 8.42 Å². The molecule has 12 nitrogen and oxygen atoms in total. The lowest BCUT2D eigenvalue weighted by Gasteiger charge is -2.53. The Morgan fingerprint density at radius 3 is 2.37 bits per heavy atom. The number of hydrogen-bond acceptors (Lipinski definition) is 10. The highest BCUT2D eigenvalue weighted by atomic mass is 32.2. The van der Waals surface area contributed by atoms with Gasteiger partial charge in [-0.05, 0) is 42.3 Å². The molecule has 2 saturated heterocycles. The summed E-state index contributed by atoms with van der Waals surface area (Å²) in [5, 5.41) is 13.1. The van der Waals surface area contributed by atoms with Gasteiger partial charge in [0.2, 0.25) is 17.4 Å². The Morgan fingerprint density at radius 2 is 1.72 bits per heavy atom. The molecule has 224 valence electrons. The van der Waals surface area contributed by atoms with E-state index in [4.69, 9.17) is 8.92 Å². The summed E-state index contributed by atoms with van der Waals surface area (Å²) < 4.78 is 37.7. The number of carbonyl (C=O) groups excluding carboxylic acids is 3. The van der Waals surface area contributed by atoms with Crippen LogP contribution in [0.25, 0.3) is 0 Å². The summed E-state index contributed by atoms with van der Waals surface area (Å²) in [6.45, 7) is 1.06. The topological polar surface area (TPSA) is 162 Å². The fourth-order valence-corrected chi connectivity index (χ4v) is 7.41. The molecule has 3 aromatic rings. The summed E-state index contributed by atoms with van der Waals surface area (Å²) in [7, 11) is -4.48. The van der Waals surface area contributed by atoms with Crippen molar-refractivity contribution in [1.29, 1.82) is 0 Å². The molecule has 0 saturated carbocycles. The fourth-order valence-electron chi connectivity index (χ4n) is 4.72. The van der Waals surface area contributed by atoms with Crippen LogP contribution in [0, 0.1) is 17.0 Å². The zero-order chi connectivity index (χ0) is 30.8. The first-order valence-electron chi connectivity index (χ1n) is 13.2. The number of nitro benzene ring substituents is 1. The molecule has 0 aromatic heterocycles. The monoisotopic (exact) mass is 625 g/mol. The minimum Gasteiger partial charge on any atom is -0.459 e. The van der Waals surface area contributed by atoms with E-state index in [1.165, 1.54) is 41.3 Å². The Balaban J connectivity index is 1.33. The molecule has 2 aliphatic heterocycles. The summed E-state index contributed by atoms with van der Waals surface area (Å²) in [5.41, 5.74) is -0.197. The van der Waals surface area contributed by atoms with Crippen molar-refractivity contribution < 1.29 is 36.6 Å². The van der Waals surface area contributed by atoms with Crippen LogP contribution in [0.3, 0.4) is 0 Å². The minimum absolute atomic E-state index is 0.0822. The van der Waals surface area contributed by atoms with E-state index in [2.05, 4.69) is 5.32 Å². The van der Waals surface area contributed by atoms with E-state index >= 15 is 0 Å². The number of ether oxygens (including phenoxy) is 1. The maximum atomic E-state index is 13.5. The number of fused-ring (bicyclic) bond motifs is 1. The molecule has 2 unspecified atom stereocenters. The van der Waals surface area contributed by atoms with Crippen molar-refractivity contribution in [2.45, 2.75) is 41.9 Å². The number of nitro groups is 1. The number of nitrogens with zero attached hydrogens (tertiary/aromatic N) is 2. The maximum Gasteiger partial charge on any atom is 0.343 e. The third-order valence-corrected chi connectivity index (χ3v) is 9.94. The number of aryl methyl sites for hydroxylation is 1. The van der Waals surface area contributed by atoms with Crippen LogP contribution < -0.4 is 5.32 Å². The molecule has 2 fully saturated rings. The van der Waals surface area contributed by atoms with Crippen LogP contribution in [0.1, 0.15) is 16.7 Å². The molecule has 2 heterocycles. The molecule has 3 aromatic carbocycles. The van der Waals surface area contributed by atoms with E-state index in [-0.39, 0.29) is 35.3 Å². The van der Waals surface area contributed by atoms with Gasteiger partial charge in [0.1, 0.15) is 18.0 Å². The molecule has 3 atom stereocenters. The van der Waals surface area contributed by atoms with Gasteiger partial charge in [0.05, 0.1) is 22.8 Å². The fraction of sp³-hybridized carbons (Fsp3) is 0.276. The van der Waals surface area contributed by atoms with Crippen molar-refractivity contribution in [3.8, 4) is 0 Å². The molecular formula is C29H27N3O9S2. The van der Waals surface area contributed by atoms with Gasteiger partial charge in [0, 0.05) is 17.9 Å². The third-order valence-electron chi connectivity index (χ3n) is 7.05. The van der Waals surface area contributed by atoms with Crippen LogP contribution in [0.5, 0.6) is 0 Å². The second-order valence-electron chi connectivity index (χ2n) is 10.2. The predicted molar refractivity (Wildman–Crippen MR) is 155 cm³/mol. The molecule has 43 heavy (non-hydrogen) atoms. The number of rotatable bonds is 10. The first-order chi connectivity index (χ1) is 20.5. The normalized spacial score (nSPS) is 21.3. The van der Waals surface area contributed by atoms with Crippen LogP contribution >= 0.6 is 11.8 Å². The number of thioether (sulfide) groups is 1. The van der Waals surface area contributed by atoms with E-state index in [0.717, 1.165) is 22.9 Å². The molecule has 0 spiro atoms. The second kappa shape index (κ2) is 12.1. The average Bonchev–Trinajstić information content (AvgIpc) is 2.99.